The average molecular weight is 404 g/mol. The van der Waals surface area contributed by atoms with Gasteiger partial charge < -0.3 is 15.8 Å². The first-order valence-electron chi connectivity index (χ1n) is 9.11. The Bertz CT molecular complexity index is 834. The van der Waals surface area contributed by atoms with Gasteiger partial charge in [-0.1, -0.05) is 25.0 Å². The predicted molar refractivity (Wildman–Crippen MR) is 108 cm³/mol. The molecule has 2 rings (SSSR count). The van der Waals surface area contributed by atoms with Crippen molar-refractivity contribution in [2.75, 3.05) is 14.2 Å². The van der Waals surface area contributed by atoms with Gasteiger partial charge in [-0.2, -0.15) is 0 Å². The highest BCUT2D eigenvalue weighted by Crippen LogP contribution is 2.34. The zero-order chi connectivity index (χ0) is 20.5. The molecule has 0 spiro atoms. The van der Waals surface area contributed by atoms with Crippen molar-refractivity contribution in [3.8, 4) is 17.0 Å². The summed E-state index contributed by atoms with van der Waals surface area (Å²) < 4.78 is 5.38. The number of para-hydroxylation sites is 1. The molecule has 1 aromatic heterocycles. The van der Waals surface area contributed by atoms with E-state index in [1.807, 2.05) is 29.6 Å². The maximum Gasteiger partial charge on any atom is 0.287 e. The summed E-state index contributed by atoms with van der Waals surface area (Å²) in [6.45, 7) is 0. The van der Waals surface area contributed by atoms with Gasteiger partial charge in [0.2, 0.25) is 11.7 Å². The average Bonchev–Trinajstić information content (AvgIpc) is 3.18. The van der Waals surface area contributed by atoms with Gasteiger partial charge in [0.1, 0.15) is 10.8 Å². The lowest BCUT2D eigenvalue weighted by molar-refractivity contribution is -0.138. The van der Waals surface area contributed by atoms with Gasteiger partial charge in [-0.15, -0.1) is 11.3 Å². The van der Waals surface area contributed by atoms with Crippen LogP contribution in [0.4, 0.5) is 0 Å². The first-order valence-corrected chi connectivity index (χ1v) is 9.99. The van der Waals surface area contributed by atoms with Crippen LogP contribution < -0.4 is 15.8 Å². The van der Waals surface area contributed by atoms with Gasteiger partial charge in [0.15, 0.2) is 0 Å². The number of ketones is 1. The van der Waals surface area contributed by atoms with Crippen LogP contribution in [0.2, 0.25) is 0 Å². The number of likely N-dealkylation sites (N-methyl/N-ethyl adjacent to an activating group) is 1. The third-order valence-electron chi connectivity index (χ3n) is 4.39. The number of carbonyl (C=O) groups is 3. The molecule has 2 aromatic rings. The van der Waals surface area contributed by atoms with Crippen LogP contribution in [0.25, 0.3) is 11.3 Å². The summed E-state index contributed by atoms with van der Waals surface area (Å²) >= 11 is 1.35. The molecule has 1 unspecified atom stereocenters. The Hall–Kier alpha value is -2.74. The highest BCUT2D eigenvalue weighted by molar-refractivity contribution is 7.10. The lowest BCUT2D eigenvalue weighted by Gasteiger charge is -2.12. The number of primary amides is 1. The van der Waals surface area contributed by atoms with E-state index >= 15 is 0 Å². The SMILES string of the molecule is CNC(=O)C(=O)C(CCCCCC(N)=O)c1nc(-c2ccccc2OC)cs1. The molecule has 0 aliphatic heterocycles. The highest BCUT2D eigenvalue weighted by Gasteiger charge is 2.28. The van der Waals surface area contributed by atoms with Crippen molar-refractivity contribution in [1.82, 2.24) is 10.3 Å². The molecule has 0 radical (unpaired) electrons. The number of ether oxygens (including phenoxy) is 1. The minimum Gasteiger partial charge on any atom is -0.496 e. The second-order valence-corrected chi connectivity index (χ2v) is 7.22. The van der Waals surface area contributed by atoms with Crippen molar-refractivity contribution >= 4 is 28.9 Å². The number of hydrogen-bond acceptors (Lipinski definition) is 6. The van der Waals surface area contributed by atoms with Crippen molar-refractivity contribution in [2.24, 2.45) is 5.73 Å². The monoisotopic (exact) mass is 403 g/mol. The van der Waals surface area contributed by atoms with E-state index in [0.717, 1.165) is 12.0 Å². The van der Waals surface area contributed by atoms with Gasteiger partial charge in [0.25, 0.3) is 5.91 Å². The Labute approximate surface area is 168 Å². The number of rotatable bonds is 11. The predicted octanol–water partition coefficient (Wildman–Crippen LogP) is 2.65. The van der Waals surface area contributed by atoms with Crippen molar-refractivity contribution < 1.29 is 19.1 Å². The van der Waals surface area contributed by atoms with Crippen LogP contribution in [0.5, 0.6) is 5.75 Å². The zero-order valence-electron chi connectivity index (χ0n) is 16.1. The number of aromatic nitrogens is 1. The van der Waals surface area contributed by atoms with Crippen LogP contribution in [0.3, 0.4) is 0 Å². The molecule has 1 aromatic carbocycles. The molecule has 8 heteroatoms. The maximum atomic E-state index is 12.6. The smallest absolute Gasteiger partial charge is 0.287 e. The fourth-order valence-electron chi connectivity index (χ4n) is 2.90. The summed E-state index contributed by atoms with van der Waals surface area (Å²) in [6, 6.07) is 7.51. The Balaban J connectivity index is 2.18. The Morgan fingerprint density at radius 3 is 2.64 bits per heavy atom. The molecule has 0 saturated carbocycles. The molecule has 2 amide bonds. The molecule has 0 saturated heterocycles. The lowest BCUT2D eigenvalue weighted by Crippen LogP contribution is -2.32. The second kappa shape index (κ2) is 10.6. The maximum absolute atomic E-state index is 12.6. The number of amides is 2. The van der Waals surface area contributed by atoms with Gasteiger partial charge in [-0.3, -0.25) is 14.4 Å². The minimum atomic E-state index is -0.629. The summed E-state index contributed by atoms with van der Waals surface area (Å²) in [7, 11) is 3.03. The van der Waals surface area contributed by atoms with Crippen LogP contribution in [0.15, 0.2) is 29.6 Å². The molecule has 1 heterocycles. The molecular formula is C20H25N3O4S. The van der Waals surface area contributed by atoms with Gasteiger partial charge in [0, 0.05) is 24.4 Å². The summed E-state index contributed by atoms with van der Waals surface area (Å²) in [5, 5.41) is 4.86. The number of carbonyl (C=O) groups excluding carboxylic acids is 3. The van der Waals surface area contributed by atoms with Crippen LogP contribution >= 0.6 is 11.3 Å². The second-order valence-electron chi connectivity index (χ2n) is 6.33. The number of methoxy groups -OCH3 is 1. The van der Waals surface area contributed by atoms with E-state index < -0.39 is 17.6 Å². The standard InChI is InChI=1S/C20H25N3O4S/c1-22-19(26)18(25)14(9-4-3-5-11-17(21)24)20-23-15(12-28-20)13-8-6-7-10-16(13)27-2/h6-8,10,12,14H,3-5,9,11H2,1-2H3,(H2,21,24)(H,22,26). The Kier molecular flexibility index (Phi) is 8.13. The van der Waals surface area contributed by atoms with Gasteiger partial charge >= 0.3 is 0 Å². The van der Waals surface area contributed by atoms with Crippen LogP contribution in [0, 0.1) is 0 Å². The van der Waals surface area contributed by atoms with E-state index in [9.17, 15) is 14.4 Å². The van der Waals surface area contributed by atoms with Crippen molar-refractivity contribution in [1.29, 1.82) is 0 Å². The molecular weight excluding hydrogens is 378 g/mol. The zero-order valence-corrected chi connectivity index (χ0v) is 16.9. The van der Waals surface area contributed by atoms with Crippen molar-refractivity contribution in [3.63, 3.8) is 0 Å². The molecule has 0 aliphatic carbocycles. The third-order valence-corrected chi connectivity index (χ3v) is 5.34. The normalized spacial score (nSPS) is 11.6. The van der Waals surface area contributed by atoms with E-state index in [1.165, 1.54) is 18.4 Å². The first-order chi connectivity index (χ1) is 13.5. The number of Topliss-reactive ketones (excluding diaryl/α,β-unsaturated/α-hetero) is 1. The molecule has 0 fully saturated rings. The van der Waals surface area contributed by atoms with Gasteiger partial charge in [-0.05, 0) is 25.0 Å². The Morgan fingerprint density at radius 1 is 1.21 bits per heavy atom. The summed E-state index contributed by atoms with van der Waals surface area (Å²) in [5.74, 6) is -1.38. The fourth-order valence-corrected chi connectivity index (χ4v) is 3.85. The van der Waals surface area contributed by atoms with Crippen LogP contribution in [-0.2, 0) is 14.4 Å². The molecule has 1 atom stereocenters. The van der Waals surface area contributed by atoms with Gasteiger partial charge in [-0.25, -0.2) is 4.98 Å². The number of nitrogens with two attached hydrogens (primary N) is 1. The van der Waals surface area contributed by atoms with Crippen LogP contribution in [-0.4, -0.2) is 36.7 Å². The van der Waals surface area contributed by atoms with Crippen molar-refractivity contribution in [3.05, 3.63) is 34.7 Å². The summed E-state index contributed by atoms with van der Waals surface area (Å²) in [5.41, 5.74) is 6.69. The number of benzene rings is 1. The third kappa shape index (κ3) is 5.63. The lowest BCUT2D eigenvalue weighted by atomic mass is 9.96. The summed E-state index contributed by atoms with van der Waals surface area (Å²) in [6.07, 6.45) is 2.93. The molecule has 0 aliphatic rings. The highest BCUT2D eigenvalue weighted by atomic mass is 32.1. The number of nitrogens with zero attached hydrogens (tertiary/aromatic N) is 1. The van der Waals surface area contributed by atoms with E-state index in [4.69, 9.17) is 10.5 Å². The largest absolute Gasteiger partial charge is 0.496 e. The van der Waals surface area contributed by atoms with Crippen molar-refractivity contribution in [2.45, 2.75) is 38.0 Å². The first kappa shape index (κ1) is 21.6. The molecule has 28 heavy (non-hydrogen) atoms. The van der Waals surface area contributed by atoms with E-state index in [1.54, 1.807) is 7.11 Å². The molecule has 150 valence electrons. The van der Waals surface area contributed by atoms with Gasteiger partial charge in [0.05, 0.1) is 18.7 Å². The number of unbranched alkanes of at least 4 members (excludes halogenated alkanes) is 2. The summed E-state index contributed by atoms with van der Waals surface area (Å²) in [4.78, 5) is 39.9. The minimum absolute atomic E-state index is 0.323. The molecule has 7 nitrogen and oxygen atoms in total. The number of thiazole rings is 1. The van der Waals surface area contributed by atoms with E-state index in [2.05, 4.69) is 10.3 Å². The number of nitrogens with one attached hydrogen (secondary N) is 1. The van der Waals surface area contributed by atoms with E-state index in [0.29, 0.717) is 42.1 Å². The number of hydrogen-bond donors (Lipinski definition) is 2. The Morgan fingerprint density at radius 2 is 1.96 bits per heavy atom. The molecule has 0 bridgehead atoms. The fraction of sp³-hybridized carbons (Fsp3) is 0.400. The quantitative estimate of drug-likeness (QED) is 0.442. The van der Waals surface area contributed by atoms with E-state index in [-0.39, 0.29) is 5.91 Å². The molecule has 3 N–H and O–H groups in total. The van der Waals surface area contributed by atoms with Crippen LogP contribution in [0.1, 0.15) is 43.0 Å². The topological polar surface area (TPSA) is 111 Å².